The third-order valence-electron chi connectivity index (χ3n) is 4.22. The van der Waals surface area contributed by atoms with Gasteiger partial charge in [0.15, 0.2) is 10.8 Å². The van der Waals surface area contributed by atoms with E-state index in [9.17, 15) is 4.79 Å². The maximum Gasteiger partial charge on any atom is 0.246 e. The third-order valence-corrected chi connectivity index (χ3v) is 5.27. The Bertz CT molecular complexity index is 744. The second-order valence-electron chi connectivity index (χ2n) is 6.26. The van der Waals surface area contributed by atoms with Crippen LogP contribution in [-0.4, -0.2) is 64.8 Å². The van der Waals surface area contributed by atoms with Gasteiger partial charge in [-0.2, -0.15) is 5.10 Å². The summed E-state index contributed by atoms with van der Waals surface area (Å²) in [6.45, 7) is 5.33. The number of nitrogens with one attached hydrogen (secondary N) is 1. The number of carbonyl (C=O) groups excluding carboxylic acids is 1. The molecule has 26 heavy (non-hydrogen) atoms. The first-order valence-corrected chi connectivity index (χ1v) is 10.1. The van der Waals surface area contributed by atoms with Gasteiger partial charge in [0.1, 0.15) is 12.4 Å². The number of hydrogen-bond donors (Lipinski definition) is 1. The molecule has 8 nitrogen and oxygen atoms in total. The van der Waals surface area contributed by atoms with Crippen LogP contribution in [0.2, 0.25) is 0 Å². The fraction of sp³-hybridized carbons (Fsp3) is 0.647. The van der Waals surface area contributed by atoms with Crippen molar-refractivity contribution < 1.29 is 9.53 Å². The number of methoxy groups -OCH3 is 1. The Morgan fingerprint density at radius 1 is 1.35 bits per heavy atom. The Kier molecular flexibility index (Phi) is 6.67. The zero-order valence-electron chi connectivity index (χ0n) is 15.4. The van der Waals surface area contributed by atoms with E-state index in [1.807, 2.05) is 10.9 Å². The predicted molar refractivity (Wildman–Crippen MR) is 103 cm³/mol. The summed E-state index contributed by atoms with van der Waals surface area (Å²) in [5.41, 5.74) is 0.835. The summed E-state index contributed by atoms with van der Waals surface area (Å²) < 4.78 is 6.67. The molecule has 0 radical (unpaired) electrons. The van der Waals surface area contributed by atoms with Crippen molar-refractivity contribution in [2.75, 3.05) is 44.0 Å². The molecule has 1 saturated heterocycles. The van der Waals surface area contributed by atoms with E-state index in [0.29, 0.717) is 13.1 Å². The van der Waals surface area contributed by atoms with Gasteiger partial charge in [-0.05, 0) is 19.3 Å². The molecule has 0 spiro atoms. The lowest BCUT2D eigenvalue weighted by atomic mass is 10.3. The van der Waals surface area contributed by atoms with Crippen molar-refractivity contribution in [1.29, 1.82) is 0 Å². The van der Waals surface area contributed by atoms with E-state index in [1.54, 1.807) is 11.8 Å². The van der Waals surface area contributed by atoms with E-state index in [2.05, 4.69) is 22.2 Å². The molecule has 2 aromatic rings. The number of amides is 1. The van der Waals surface area contributed by atoms with Crippen LogP contribution in [0.1, 0.15) is 26.2 Å². The number of ether oxygens (including phenoxy) is 1. The van der Waals surface area contributed by atoms with Gasteiger partial charge < -0.3 is 15.0 Å². The van der Waals surface area contributed by atoms with Crippen LogP contribution >= 0.6 is 11.8 Å². The van der Waals surface area contributed by atoms with E-state index >= 15 is 0 Å². The van der Waals surface area contributed by atoms with Gasteiger partial charge in [-0.3, -0.25) is 4.79 Å². The monoisotopic (exact) mass is 378 g/mol. The molecule has 1 amide bonds. The maximum atomic E-state index is 11.5. The third kappa shape index (κ3) is 4.45. The van der Waals surface area contributed by atoms with Gasteiger partial charge in [-0.15, -0.1) is 0 Å². The van der Waals surface area contributed by atoms with Crippen LogP contribution < -0.4 is 10.2 Å². The van der Waals surface area contributed by atoms with Crippen molar-refractivity contribution in [3.63, 3.8) is 0 Å². The van der Waals surface area contributed by atoms with E-state index < -0.39 is 0 Å². The lowest BCUT2D eigenvalue weighted by molar-refractivity contribution is -0.124. The van der Waals surface area contributed by atoms with Crippen LogP contribution in [0.4, 0.5) is 5.82 Å². The summed E-state index contributed by atoms with van der Waals surface area (Å²) in [6.07, 6.45) is 5.31. The Morgan fingerprint density at radius 3 is 2.88 bits per heavy atom. The molecular formula is C17H26N6O2S. The fourth-order valence-electron chi connectivity index (χ4n) is 3.00. The molecule has 1 aliphatic rings. The number of nitrogens with zero attached hydrogens (tertiary/aromatic N) is 5. The van der Waals surface area contributed by atoms with Crippen molar-refractivity contribution in [2.45, 2.75) is 37.9 Å². The molecule has 1 fully saturated rings. The SMILES string of the molecule is CCCSc1nc(N2CCCC2)c2cnn(CCNC(=O)COC)c2n1. The van der Waals surface area contributed by atoms with Crippen molar-refractivity contribution in [2.24, 2.45) is 0 Å². The molecule has 1 aliphatic heterocycles. The standard InChI is InChI=1S/C17H26N6O2S/c1-3-10-26-17-20-15(22-7-4-5-8-22)13-11-19-23(16(13)21-17)9-6-18-14(24)12-25-2/h11H,3-10,12H2,1-2H3,(H,18,24). The molecule has 0 unspecified atom stereocenters. The molecule has 142 valence electrons. The summed E-state index contributed by atoms with van der Waals surface area (Å²) in [6, 6.07) is 0. The van der Waals surface area contributed by atoms with E-state index in [0.717, 1.165) is 47.3 Å². The number of hydrogen-bond acceptors (Lipinski definition) is 7. The number of anilines is 1. The van der Waals surface area contributed by atoms with Gasteiger partial charge in [0, 0.05) is 32.5 Å². The summed E-state index contributed by atoms with van der Waals surface area (Å²) >= 11 is 1.68. The zero-order valence-corrected chi connectivity index (χ0v) is 16.2. The first-order chi connectivity index (χ1) is 12.7. The molecular weight excluding hydrogens is 352 g/mol. The largest absolute Gasteiger partial charge is 0.375 e. The first kappa shape index (κ1) is 18.9. The van der Waals surface area contributed by atoms with Crippen LogP contribution in [0, 0.1) is 0 Å². The Hall–Kier alpha value is -1.87. The first-order valence-electron chi connectivity index (χ1n) is 9.10. The topological polar surface area (TPSA) is 85.2 Å². The highest BCUT2D eigenvalue weighted by atomic mass is 32.2. The van der Waals surface area contributed by atoms with Gasteiger partial charge in [-0.25, -0.2) is 14.6 Å². The smallest absolute Gasteiger partial charge is 0.246 e. The van der Waals surface area contributed by atoms with Crippen molar-refractivity contribution >= 4 is 34.5 Å². The molecule has 2 aromatic heterocycles. The molecule has 3 rings (SSSR count). The average Bonchev–Trinajstić information content (AvgIpc) is 3.30. The minimum absolute atomic E-state index is 0.0684. The molecule has 1 N–H and O–H groups in total. The minimum Gasteiger partial charge on any atom is -0.375 e. The van der Waals surface area contributed by atoms with Gasteiger partial charge in [0.25, 0.3) is 0 Å². The quantitative estimate of drug-likeness (QED) is 0.525. The summed E-state index contributed by atoms with van der Waals surface area (Å²) in [7, 11) is 1.51. The number of thioether (sulfide) groups is 1. The molecule has 0 bridgehead atoms. The molecule has 9 heteroatoms. The van der Waals surface area contributed by atoms with Crippen LogP contribution in [-0.2, 0) is 16.1 Å². The van der Waals surface area contributed by atoms with Crippen molar-refractivity contribution in [3.8, 4) is 0 Å². The lowest BCUT2D eigenvalue weighted by Gasteiger charge is -2.18. The summed E-state index contributed by atoms with van der Waals surface area (Å²) in [5.74, 6) is 1.85. The number of aromatic nitrogens is 4. The number of fused-ring (bicyclic) bond motifs is 1. The molecule has 0 aliphatic carbocycles. The van der Waals surface area contributed by atoms with Crippen molar-refractivity contribution in [1.82, 2.24) is 25.1 Å². The predicted octanol–water partition coefficient (Wildman–Crippen LogP) is 1.69. The van der Waals surface area contributed by atoms with E-state index in [1.165, 1.54) is 20.0 Å². The van der Waals surface area contributed by atoms with Gasteiger partial charge in [-0.1, -0.05) is 18.7 Å². The molecule has 0 saturated carbocycles. The normalized spacial score (nSPS) is 14.3. The summed E-state index contributed by atoms with van der Waals surface area (Å²) in [4.78, 5) is 23.4. The molecule has 3 heterocycles. The molecule has 0 aromatic carbocycles. The minimum atomic E-state index is -0.129. The fourth-order valence-corrected chi connectivity index (χ4v) is 3.68. The Balaban J connectivity index is 1.82. The van der Waals surface area contributed by atoms with E-state index in [-0.39, 0.29) is 12.5 Å². The van der Waals surface area contributed by atoms with Gasteiger partial charge in [0.2, 0.25) is 5.91 Å². The average molecular weight is 379 g/mol. The number of carbonyl (C=O) groups is 1. The second-order valence-corrected chi connectivity index (χ2v) is 7.32. The Morgan fingerprint density at radius 2 is 2.15 bits per heavy atom. The van der Waals surface area contributed by atoms with Crippen LogP contribution in [0.25, 0.3) is 11.0 Å². The lowest BCUT2D eigenvalue weighted by Crippen LogP contribution is -2.30. The zero-order chi connectivity index (χ0) is 18.4. The maximum absolute atomic E-state index is 11.5. The number of rotatable bonds is 9. The summed E-state index contributed by atoms with van der Waals surface area (Å²) in [5, 5.41) is 9.09. The van der Waals surface area contributed by atoms with Crippen molar-refractivity contribution in [3.05, 3.63) is 6.20 Å². The highest BCUT2D eigenvalue weighted by molar-refractivity contribution is 7.99. The van der Waals surface area contributed by atoms with Gasteiger partial charge >= 0.3 is 0 Å². The highest BCUT2D eigenvalue weighted by Crippen LogP contribution is 2.29. The van der Waals surface area contributed by atoms with E-state index in [4.69, 9.17) is 14.7 Å². The molecule has 0 atom stereocenters. The second kappa shape index (κ2) is 9.18. The van der Waals surface area contributed by atoms with Gasteiger partial charge in [0.05, 0.1) is 18.1 Å². The highest BCUT2D eigenvalue weighted by Gasteiger charge is 2.20. The van der Waals surface area contributed by atoms with Crippen LogP contribution in [0.15, 0.2) is 11.4 Å². The Labute approximate surface area is 157 Å². The van der Waals surface area contributed by atoms with Crippen LogP contribution in [0.5, 0.6) is 0 Å². The van der Waals surface area contributed by atoms with Crippen LogP contribution in [0.3, 0.4) is 0 Å².